The van der Waals surface area contributed by atoms with E-state index in [1.165, 1.54) is 17.2 Å². The molecule has 1 aliphatic carbocycles. The SMILES string of the molecule is CN(Cc1ccc(C(N)=O)cc1[N+](=O)[O-])[C@@H]1CCCc2ccccc21. The predicted octanol–water partition coefficient (Wildman–Crippen LogP) is 3.20. The lowest BCUT2D eigenvalue weighted by atomic mass is 9.87. The summed E-state index contributed by atoms with van der Waals surface area (Å²) in [5.74, 6) is -0.663. The van der Waals surface area contributed by atoms with E-state index in [2.05, 4.69) is 23.1 Å². The number of benzene rings is 2. The summed E-state index contributed by atoms with van der Waals surface area (Å²) in [7, 11) is 1.98. The van der Waals surface area contributed by atoms with Gasteiger partial charge in [-0.2, -0.15) is 0 Å². The van der Waals surface area contributed by atoms with E-state index in [9.17, 15) is 14.9 Å². The number of nitro groups is 1. The fraction of sp³-hybridized carbons (Fsp3) is 0.316. The van der Waals surface area contributed by atoms with Gasteiger partial charge >= 0.3 is 0 Å². The van der Waals surface area contributed by atoms with Crippen LogP contribution < -0.4 is 5.73 Å². The molecule has 0 aliphatic heterocycles. The molecular weight excluding hydrogens is 318 g/mol. The van der Waals surface area contributed by atoms with Gasteiger partial charge in [-0.1, -0.05) is 30.3 Å². The van der Waals surface area contributed by atoms with Crippen LogP contribution in [-0.2, 0) is 13.0 Å². The number of primary amides is 1. The Labute approximate surface area is 146 Å². The number of rotatable bonds is 5. The maximum absolute atomic E-state index is 11.4. The third kappa shape index (κ3) is 3.53. The summed E-state index contributed by atoms with van der Waals surface area (Å²) in [6.45, 7) is 0.439. The molecule has 3 rings (SSSR count). The summed E-state index contributed by atoms with van der Waals surface area (Å²) in [6.07, 6.45) is 3.21. The molecule has 0 saturated heterocycles. The molecule has 0 spiro atoms. The van der Waals surface area contributed by atoms with Crippen molar-refractivity contribution in [3.63, 3.8) is 0 Å². The lowest BCUT2D eigenvalue weighted by Gasteiger charge is -2.33. The number of carbonyl (C=O) groups is 1. The second-order valence-electron chi connectivity index (χ2n) is 6.49. The zero-order valence-electron chi connectivity index (χ0n) is 14.1. The van der Waals surface area contributed by atoms with E-state index < -0.39 is 10.8 Å². The van der Waals surface area contributed by atoms with Crippen molar-refractivity contribution in [1.29, 1.82) is 0 Å². The van der Waals surface area contributed by atoms with Crippen molar-refractivity contribution in [2.75, 3.05) is 7.05 Å². The topological polar surface area (TPSA) is 89.5 Å². The van der Waals surface area contributed by atoms with E-state index in [1.54, 1.807) is 12.1 Å². The normalized spacial score (nSPS) is 16.5. The molecule has 0 aromatic heterocycles. The summed E-state index contributed by atoms with van der Waals surface area (Å²) < 4.78 is 0. The summed E-state index contributed by atoms with van der Waals surface area (Å²) in [6, 6.07) is 13.1. The van der Waals surface area contributed by atoms with Gasteiger partial charge in [0.15, 0.2) is 0 Å². The molecule has 0 unspecified atom stereocenters. The minimum Gasteiger partial charge on any atom is -0.366 e. The number of carbonyl (C=O) groups excluding carboxylic acids is 1. The highest BCUT2D eigenvalue weighted by atomic mass is 16.6. The van der Waals surface area contributed by atoms with Crippen LogP contribution in [0.1, 0.15) is 45.9 Å². The van der Waals surface area contributed by atoms with Gasteiger partial charge in [-0.05, 0) is 43.5 Å². The lowest BCUT2D eigenvalue weighted by Crippen LogP contribution is -2.27. The Bertz CT molecular complexity index is 819. The lowest BCUT2D eigenvalue weighted by molar-refractivity contribution is -0.385. The van der Waals surface area contributed by atoms with Crippen LogP contribution in [0.25, 0.3) is 0 Å². The number of aryl methyl sites for hydroxylation is 1. The summed E-state index contributed by atoms with van der Waals surface area (Å²) in [5.41, 5.74) is 8.56. The minimum atomic E-state index is -0.663. The molecule has 2 N–H and O–H groups in total. The molecule has 0 radical (unpaired) electrons. The number of hydrogen-bond donors (Lipinski definition) is 1. The molecule has 1 amide bonds. The van der Waals surface area contributed by atoms with Crippen LogP contribution in [0.2, 0.25) is 0 Å². The van der Waals surface area contributed by atoms with Crippen LogP contribution in [0.3, 0.4) is 0 Å². The quantitative estimate of drug-likeness (QED) is 0.669. The van der Waals surface area contributed by atoms with Crippen molar-refractivity contribution in [3.05, 3.63) is 74.8 Å². The highest BCUT2D eigenvalue weighted by Crippen LogP contribution is 2.35. The average Bonchev–Trinajstić information content (AvgIpc) is 2.61. The molecule has 0 heterocycles. The van der Waals surface area contributed by atoms with Crippen LogP contribution in [0.15, 0.2) is 42.5 Å². The Kier molecular flexibility index (Phi) is 4.81. The molecule has 1 atom stereocenters. The van der Waals surface area contributed by atoms with E-state index in [-0.39, 0.29) is 17.3 Å². The van der Waals surface area contributed by atoms with E-state index in [0.717, 1.165) is 19.3 Å². The van der Waals surface area contributed by atoms with Crippen molar-refractivity contribution in [3.8, 4) is 0 Å². The van der Waals surface area contributed by atoms with Gasteiger partial charge in [0.1, 0.15) is 0 Å². The molecule has 0 saturated carbocycles. The van der Waals surface area contributed by atoms with E-state index in [4.69, 9.17) is 5.73 Å². The molecule has 0 fully saturated rings. The molecule has 0 bridgehead atoms. The highest BCUT2D eigenvalue weighted by Gasteiger charge is 2.25. The van der Waals surface area contributed by atoms with Gasteiger partial charge in [-0.25, -0.2) is 0 Å². The number of nitrogens with zero attached hydrogens (tertiary/aromatic N) is 2. The molecule has 1 aliphatic rings. The third-order valence-electron chi connectivity index (χ3n) is 4.86. The van der Waals surface area contributed by atoms with E-state index in [0.29, 0.717) is 12.1 Å². The Morgan fingerprint density at radius 1 is 1.32 bits per heavy atom. The second kappa shape index (κ2) is 7.03. The van der Waals surface area contributed by atoms with Gasteiger partial charge in [-0.15, -0.1) is 0 Å². The highest BCUT2D eigenvalue weighted by molar-refractivity contribution is 5.93. The van der Waals surface area contributed by atoms with Crippen LogP contribution in [0, 0.1) is 10.1 Å². The fourth-order valence-corrected chi connectivity index (χ4v) is 3.59. The first-order valence-corrected chi connectivity index (χ1v) is 8.32. The first kappa shape index (κ1) is 17.1. The molecular formula is C19H21N3O3. The zero-order valence-corrected chi connectivity index (χ0v) is 14.1. The number of nitro benzene ring substituents is 1. The monoisotopic (exact) mass is 339 g/mol. The Morgan fingerprint density at radius 2 is 2.08 bits per heavy atom. The van der Waals surface area contributed by atoms with Gasteiger partial charge in [0.2, 0.25) is 5.91 Å². The smallest absolute Gasteiger partial charge is 0.274 e. The predicted molar refractivity (Wildman–Crippen MR) is 95.2 cm³/mol. The van der Waals surface area contributed by atoms with Gasteiger partial charge in [0, 0.05) is 29.8 Å². The van der Waals surface area contributed by atoms with Crippen molar-refractivity contribution >= 4 is 11.6 Å². The molecule has 6 nitrogen and oxygen atoms in total. The molecule has 130 valence electrons. The average molecular weight is 339 g/mol. The van der Waals surface area contributed by atoms with E-state index >= 15 is 0 Å². The minimum absolute atomic E-state index is 0.0627. The number of amides is 1. The number of fused-ring (bicyclic) bond motifs is 1. The number of hydrogen-bond acceptors (Lipinski definition) is 4. The van der Waals surface area contributed by atoms with Crippen LogP contribution in [0.4, 0.5) is 5.69 Å². The summed E-state index contributed by atoms with van der Waals surface area (Å²) >= 11 is 0. The van der Waals surface area contributed by atoms with Gasteiger partial charge in [0.25, 0.3) is 5.69 Å². The maximum atomic E-state index is 11.4. The molecule has 2 aromatic rings. The van der Waals surface area contributed by atoms with Crippen LogP contribution >= 0.6 is 0 Å². The summed E-state index contributed by atoms with van der Waals surface area (Å²) in [4.78, 5) is 24.4. The van der Waals surface area contributed by atoms with Gasteiger partial charge in [0.05, 0.1) is 4.92 Å². The fourth-order valence-electron chi connectivity index (χ4n) is 3.59. The van der Waals surface area contributed by atoms with Crippen molar-refractivity contribution in [2.24, 2.45) is 5.73 Å². The summed E-state index contributed by atoms with van der Waals surface area (Å²) in [5, 5.41) is 11.4. The van der Waals surface area contributed by atoms with Crippen molar-refractivity contribution in [1.82, 2.24) is 4.90 Å². The Hall–Kier alpha value is -2.73. The van der Waals surface area contributed by atoms with Gasteiger partial charge in [-0.3, -0.25) is 19.8 Å². The standard InChI is InChI=1S/C19H21N3O3/c1-21(17-8-4-6-13-5-2-3-7-16(13)17)12-15-10-9-14(19(20)23)11-18(15)22(24)25/h2-3,5,7,9-11,17H,4,6,8,12H2,1H3,(H2,20,23)/t17-/m1/s1. The van der Waals surface area contributed by atoms with Crippen molar-refractivity contribution in [2.45, 2.75) is 31.8 Å². The number of nitrogens with two attached hydrogens (primary N) is 1. The Morgan fingerprint density at radius 3 is 2.80 bits per heavy atom. The van der Waals surface area contributed by atoms with E-state index in [1.807, 2.05) is 13.1 Å². The van der Waals surface area contributed by atoms with Crippen molar-refractivity contribution < 1.29 is 9.72 Å². The van der Waals surface area contributed by atoms with Crippen LogP contribution in [-0.4, -0.2) is 22.8 Å². The molecule has 6 heteroatoms. The largest absolute Gasteiger partial charge is 0.366 e. The Balaban J connectivity index is 1.88. The molecule has 2 aromatic carbocycles. The van der Waals surface area contributed by atoms with Crippen LogP contribution in [0.5, 0.6) is 0 Å². The third-order valence-corrected chi connectivity index (χ3v) is 4.86. The van der Waals surface area contributed by atoms with Gasteiger partial charge < -0.3 is 5.73 Å². The second-order valence-corrected chi connectivity index (χ2v) is 6.49. The first-order chi connectivity index (χ1) is 12.0. The maximum Gasteiger partial charge on any atom is 0.274 e. The molecule has 25 heavy (non-hydrogen) atoms. The zero-order chi connectivity index (χ0) is 18.0. The first-order valence-electron chi connectivity index (χ1n) is 8.32.